The third kappa shape index (κ3) is 9.02. The van der Waals surface area contributed by atoms with Crippen LogP contribution in [0.15, 0.2) is 18.6 Å². The Labute approximate surface area is 270 Å². The molecule has 0 aromatic carbocycles. The maximum Gasteiger partial charge on any atom is 0.272 e. The highest BCUT2D eigenvalue weighted by Crippen LogP contribution is 2.32. The second kappa shape index (κ2) is 15.5. The number of likely N-dealkylation sites (tertiary alicyclic amines) is 1. The van der Waals surface area contributed by atoms with Gasteiger partial charge in [-0.2, -0.15) is 0 Å². The normalized spacial score (nSPS) is 22.1. The zero-order valence-electron chi connectivity index (χ0n) is 27.0. The fourth-order valence-corrected chi connectivity index (χ4v) is 6.29. The lowest BCUT2D eigenvalue weighted by atomic mass is 9.82. The van der Waals surface area contributed by atoms with Crippen LogP contribution in [0.5, 0.6) is 0 Å². The van der Waals surface area contributed by atoms with Crippen LogP contribution in [-0.4, -0.2) is 92.9 Å². The molecule has 5 N–H and O–H groups in total. The van der Waals surface area contributed by atoms with Gasteiger partial charge in [-0.1, -0.05) is 40.0 Å². The van der Waals surface area contributed by atoms with E-state index in [1.54, 1.807) is 0 Å². The highest BCUT2D eigenvalue weighted by atomic mass is 16.3. The molecule has 46 heavy (non-hydrogen) atoms. The maximum absolute atomic E-state index is 14.3. The Morgan fingerprint density at radius 2 is 1.74 bits per heavy atom. The highest BCUT2D eigenvalue weighted by molar-refractivity contribution is 5.98. The summed E-state index contributed by atoms with van der Waals surface area (Å²) in [6, 6.07) is -2.82. The standard InChI is InChI=1S/C33H47N7O6/c1-5-9-21-14-17-40(26(21)31(45)36-19-24(41)29(43)37-22-12-13-22)32(46)27(33(2,3)4)39-30(44)25(20-10-7-6-8-11-20)38-28(42)23-18-34-15-16-35-23/h1,15-16,18,20-22,24-27,41H,6-14,17,19H2,2-4H3,(H,36,45)(H,37,43)(H,38,42)(H,39,44)/t21-,24?,25-,26-,27+/m0/s1. The lowest BCUT2D eigenvalue weighted by molar-refractivity contribution is -0.145. The van der Waals surface area contributed by atoms with Crippen molar-refractivity contribution in [3.05, 3.63) is 24.3 Å². The van der Waals surface area contributed by atoms with E-state index in [4.69, 9.17) is 6.42 Å². The quantitative estimate of drug-likeness (QED) is 0.207. The zero-order valence-corrected chi connectivity index (χ0v) is 27.0. The Kier molecular flexibility index (Phi) is 11.7. The van der Waals surface area contributed by atoms with Crippen LogP contribution in [0.3, 0.4) is 0 Å². The van der Waals surface area contributed by atoms with Crippen molar-refractivity contribution in [2.24, 2.45) is 17.3 Å². The molecule has 0 spiro atoms. The van der Waals surface area contributed by atoms with Gasteiger partial charge in [-0.3, -0.25) is 29.0 Å². The van der Waals surface area contributed by atoms with Crippen molar-refractivity contribution in [1.29, 1.82) is 0 Å². The number of hydrogen-bond acceptors (Lipinski definition) is 8. The van der Waals surface area contributed by atoms with Crippen LogP contribution in [-0.2, 0) is 19.2 Å². The molecule has 13 nitrogen and oxygen atoms in total. The Balaban J connectivity index is 1.51. The molecule has 3 aliphatic rings. The summed E-state index contributed by atoms with van der Waals surface area (Å²) < 4.78 is 0. The number of aliphatic hydroxyl groups excluding tert-OH is 1. The molecule has 2 saturated carbocycles. The molecule has 1 saturated heterocycles. The molecule has 3 fully saturated rings. The zero-order chi connectivity index (χ0) is 33.4. The number of nitrogens with zero attached hydrogens (tertiary/aromatic N) is 3. The van der Waals surface area contributed by atoms with E-state index < -0.39 is 59.2 Å². The molecule has 5 amide bonds. The molecule has 1 aliphatic heterocycles. The van der Waals surface area contributed by atoms with Gasteiger partial charge in [0, 0.05) is 37.3 Å². The predicted octanol–water partition coefficient (Wildman–Crippen LogP) is 0.682. The number of carbonyl (C=O) groups is 5. The maximum atomic E-state index is 14.3. The first-order valence-electron chi connectivity index (χ1n) is 16.3. The molecule has 250 valence electrons. The summed E-state index contributed by atoms with van der Waals surface area (Å²) >= 11 is 0. The number of aliphatic hydroxyl groups is 1. The number of terminal acetylenes is 1. The van der Waals surface area contributed by atoms with Crippen LogP contribution in [0.4, 0.5) is 0 Å². The average molecular weight is 638 g/mol. The van der Waals surface area contributed by atoms with Gasteiger partial charge in [0.15, 0.2) is 0 Å². The van der Waals surface area contributed by atoms with Gasteiger partial charge in [-0.15, -0.1) is 12.3 Å². The molecular weight excluding hydrogens is 590 g/mol. The minimum Gasteiger partial charge on any atom is -0.381 e. The Morgan fingerprint density at radius 1 is 1.02 bits per heavy atom. The minimum atomic E-state index is -1.43. The fraction of sp³-hybridized carbons (Fsp3) is 0.667. The van der Waals surface area contributed by atoms with Crippen molar-refractivity contribution in [3.8, 4) is 12.3 Å². The first-order valence-corrected chi connectivity index (χ1v) is 16.3. The van der Waals surface area contributed by atoms with Crippen molar-refractivity contribution in [2.45, 2.75) is 109 Å². The second-order valence-electron chi connectivity index (χ2n) is 13.7. The summed E-state index contributed by atoms with van der Waals surface area (Å²) in [4.78, 5) is 76.5. The first kappa shape index (κ1) is 34.8. The molecular formula is C33H47N7O6. The second-order valence-corrected chi connectivity index (χ2v) is 13.7. The van der Waals surface area contributed by atoms with Crippen molar-refractivity contribution in [1.82, 2.24) is 36.1 Å². The van der Waals surface area contributed by atoms with Gasteiger partial charge in [0.25, 0.3) is 11.8 Å². The van der Waals surface area contributed by atoms with E-state index in [1.165, 1.54) is 23.5 Å². The van der Waals surface area contributed by atoms with E-state index in [2.05, 4.69) is 37.2 Å². The Bertz CT molecular complexity index is 1300. The van der Waals surface area contributed by atoms with Crippen LogP contribution in [0.25, 0.3) is 0 Å². The molecule has 5 atom stereocenters. The molecule has 1 unspecified atom stereocenters. The van der Waals surface area contributed by atoms with E-state index in [0.717, 1.165) is 44.9 Å². The summed E-state index contributed by atoms with van der Waals surface area (Å²) in [6.07, 6.45) is 15.2. The largest absolute Gasteiger partial charge is 0.381 e. The monoisotopic (exact) mass is 637 g/mol. The average Bonchev–Trinajstić information content (AvgIpc) is 3.76. The Hall–Kier alpha value is -4.05. The van der Waals surface area contributed by atoms with Crippen LogP contribution in [0.1, 0.15) is 89.0 Å². The van der Waals surface area contributed by atoms with Gasteiger partial charge < -0.3 is 31.3 Å². The number of nitrogens with one attached hydrogen (secondary N) is 4. The number of hydrogen-bond donors (Lipinski definition) is 5. The summed E-state index contributed by atoms with van der Waals surface area (Å²) in [5.41, 5.74) is -0.679. The molecule has 13 heteroatoms. The Morgan fingerprint density at radius 3 is 2.35 bits per heavy atom. The van der Waals surface area contributed by atoms with Crippen LogP contribution in [0, 0.1) is 29.6 Å². The minimum absolute atomic E-state index is 0.0587. The summed E-state index contributed by atoms with van der Waals surface area (Å²) in [7, 11) is 0. The topological polar surface area (TPSA) is 183 Å². The van der Waals surface area contributed by atoms with E-state index in [0.29, 0.717) is 6.42 Å². The molecule has 1 aromatic heterocycles. The van der Waals surface area contributed by atoms with Crippen LogP contribution in [0.2, 0.25) is 0 Å². The third-order valence-electron chi connectivity index (χ3n) is 9.04. The third-order valence-corrected chi connectivity index (χ3v) is 9.04. The van der Waals surface area contributed by atoms with E-state index in [9.17, 15) is 29.1 Å². The molecule has 0 bridgehead atoms. The van der Waals surface area contributed by atoms with Gasteiger partial charge in [-0.05, 0) is 43.4 Å². The van der Waals surface area contributed by atoms with Gasteiger partial charge in [0.2, 0.25) is 17.7 Å². The van der Waals surface area contributed by atoms with Crippen molar-refractivity contribution in [2.75, 3.05) is 13.1 Å². The predicted molar refractivity (Wildman–Crippen MR) is 168 cm³/mol. The number of aromatic nitrogens is 2. The number of carbonyl (C=O) groups excluding carboxylic acids is 5. The van der Waals surface area contributed by atoms with Crippen molar-refractivity contribution < 1.29 is 29.1 Å². The smallest absolute Gasteiger partial charge is 0.272 e. The van der Waals surface area contributed by atoms with Crippen molar-refractivity contribution >= 4 is 29.5 Å². The van der Waals surface area contributed by atoms with Crippen molar-refractivity contribution in [3.63, 3.8) is 0 Å². The molecule has 0 radical (unpaired) electrons. The van der Waals surface area contributed by atoms with Gasteiger partial charge in [-0.25, -0.2) is 4.98 Å². The summed E-state index contributed by atoms with van der Waals surface area (Å²) in [5.74, 6) is -0.428. The number of rotatable bonds is 12. The highest BCUT2D eigenvalue weighted by Gasteiger charge is 2.47. The molecule has 2 aliphatic carbocycles. The molecule has 4 rings (SSSR count). The van der Waals surface area contributed by atoms with E-state index in [1.807, 2.05) is 20.8 Å². The number of amides is 5. The van der Waals surface area contributed by atoms with Crippen LogP contribution >= 0.6 is 0 Å². The lowest BCUT2D eigenvalue weighted by Crippen LogP contribution is -2.62. The summed E-state index contributed by atoms with van der Waals surface area (Å²) in [6.45, 7) is 5.39. The van der Waals surface area contributed by atoms with Gasteiger partial charge in [0.1, 0.15) is 29.9 Å². The van der Waals surface area contributed by atoms with E-state index >= 15 is 0 Å². The molecule has 2 heterocycles. The lowest BCUT2D eigenvalue weighted by Gasteiger charge is -2.38. The van der Waals surface area contributed by atoms with Gasteiger partial charge >= 0.3 is 0 Å². The SMILES string of the molecule is C#CC[C@H]1CCN(C(=O)[C@@H](NC(=O)[C@@H](NC(=O)c2cnccn2)C2CCCCC2)C(C)(C)C)[C@@H]1C(=O)NCC(O)C(=O)NC1CC1. The van der Waals surface area contributed by atoms with Crippen LogP contribution < -0.4 is 21.3 Å². The van der Waals surface area contributed by atoms with Gasteiger partial charge in [0.05, 0.1) is 12.7 Å². The van der Waals surface area contributed by atoms with E-state index in [-0.39, 0.29) is 43.1 Å². The fourth-order valence-electron chi connectivity index (χ4n) is 6.29. The summed E-state index contributed by atoms with van der Waals surface area (Å²) in [5, 5.41) is 21.4. The first-order chi connectivity index (χ1) is 21.9. The molecule has 1 aromatic rings.